The summed E-state index contributed by atoms with van der Waals surface area (Å²) in [5.41, 5.74) is 0. The minimum Gasteiger partial charge on any atom is -0.264 e. The van der Waals surface area contributed by atoms with Crippen LogP contribution in [0.25, 0.3) is 0 Å². The summed E-state index contributed by atoms with van der Waals surface area (Å²) in [6.45, 7) is 0. The minimum atomic E-state index is -0.376. The monoisotopic (exact) mass is 170 g/mol. The van der Waals surface area contributed by atoms with Crippen LogP contribution in [0, 0.1) is 10.1 Å². The fourth-order valence-corrected chi connectivity index (χ4v) is 1.10. The van der Waals surface area contributed by atoms with Crippen LogP contribution < -0.4 is 0 Å². The molecular formula is C6H6N2O2S. The average Bonchev–Trinajstić information content (AvgIpc) is 2.03. The first kappa shape index (κ1) is 8.00. The van der Waals surface area contributed by atoms with E-state index in [2.05, 4.69) is 4.98 Å². The standard InChI is InChI=1S/C6H6N2O2S/c9-8(10)5-11-6-3-1-2-4-7-6/h1-4H,5H2. The molecule has 0 N–H and O–H groups in total. The molecule has 5 heteroatoms. The highest BCUT2D eigenvalue weighted by Gasteiger charge is 1.99. The van der Waals surface area contributed by atoms with E-state index in [1.165, 1.54) is 0 Å². The second-order valence-electron chi connectivity index (χ2n) is 1.77. The fraction of sp³-hybridized carbons (Fsp3) is 0.167. The third kappa shape index (κ3) is 2.99. The highest BCUT2D eigenvalue weighted by molar-refractivity contribution is 7.99. The van der Waals surface area contributed by atoms with Gasteiger partial charge in [-0.3, -0.25) is 10.1 Å². The lowest BCUT2D eigenvalue weighted by Gasteiger charge is -1.92. The lowest BCUT2D eigenvalue weighted by atomic mass is 10.5. The maximum Gasteiger partial charge on any atom is 0.254 e. The number of pyridine rings is 1. The van der Waals surface area contributed by atoms with E-state index in [9.17, 15) is 10.1 Å². The van der Waals surface area contributed by atoms with E-state index in [1.807, 2.05) is 0 Å². The van der Waals surface area contributed by atoms with Gasteiger partial charge < -0.3 is 0 Å². The van der Waals surface area contributed by atoms with Gasteiger partial charge in [0.15, 0.2) is 0 Å². The summed E-state index contributed by atoms with van der Waals surface area (Å²) in [6.07, 6.45) is 1.61. The Labute approximate surface area is 67.8 Å². The summed E-state index contributed by atoms with van der Waals surface area (Å²) >= 11 is 1.12. The van der Waals surface area contributed by atoms with Gasteiger partial charge >= 0.3 is 0 Å². The van der Waals surface area contributed by atoms with E-state index in [-0.39, 0.29) is 10.8 Å². The van der Waals surface area contributed by atoms with E-state index in [0.717, 1.165) is 11.8 Å². The molecule has 0 aromatic carbocycles. The first-order valence-corrected chi connectivity index (χ1v) is 3.93. The Kier molecular flexibility index (Phi) is 2.85. The van der Waals surface area contributed by atoms with Crippen molar-refractivity contribution >= 4 is 11.8 Å². The van der Waals surface area contributed by atoms with E-state index < -0.39 is 0 Å². The van der Waals surface area contributed by atoms with Gasteiger partial charge in [0, 0.05) is 11.1 Å². The molecule has 0 saturated carbocycles. The van der Waals surface area contributed by atoms with E-state index in [1.54, 1.807) is 24.4 Å². The smallest absolute Gasteiger partial charge is 0.254 e. The van der Waals surface area contributed by atoms with Crippen LogP contribution in [0.4, 0.5) is 0 Å². The van der Waals surface area contributed by atoms with Crippen molar-refractivity contribution in [2.45, 2.75) is 5.03 Å². The van der Waals surface area contributed by atoms with Gasteiger partial charge in [0.2, 0.25) is 0 Å². The molecule has 0 saturated heterocycles. The van der Waals surface area contributed by atoms with E-state index in [0.29, 0.717) is 5.03 Å². The summed E-state index contributed by atoms with van der Waals surface area (Å²) in [4.78, 5) is 13.5. The largest absolute Gasteiger partial charge is 0.264 e. The Bertz CT molecular complexity index is 240. The summed E-state index contributed by atoms with van der Waals surface area (Å²) in [7, 11) is 0. The van der Waals surface area contributed by atoms with Crippen LogP contribution in [0.2, 0.25) is 0 Å². The molecule has 1 heterocycles. The van der Waals surface area contributed by atoms with Crippen molar-refractivity contribution in [3.63, 3.8) is 0 Å². The molecule has 0 aliphatic heterocycles. The first-order valence-electron chi connectivity index (χ1n) is 2.94. The van der Waals surface area contributed by atoms with Crippen LogP contribution in [0.1, 0.15) is 0 Å². The Hall–Kier alpha value is -1.10. The van der Waals surface area contributed by atoms with Gasteiger partial charge in [0.05, 0.1) is 0 Å². The van der Waals surface area contributed by atoms with Gasteiger partial charge in [-0.15, -0.1) is 0 Å². The topological polar surface area (TPSA) is 56.0 Å². The van der Waals surface area contributed by atoms with Crippen LogP contribution in [-0.2, 0) is 0 Å². The van der Waals surface area contributed by atoms with Gasteiger partial charge in [-0.1, -0.05) is 6.07 Å². The van der Waals surface area contributed by atoms with Gasteiger partial charge in [-0.25, -0.2) is 4.98 Å². The zero-order valence-electron chi connectivity index (χ0n) is 5.64. The Morgan fingerprint density at radius 3 is 3.00 bits per heavy atom. The van der Waals surface area contributed by atoms with Crippen molar-refractivity contribution in [2.75, 3.05) is 5.88 Å². The molecule has 0 bridgehead atoms. The number of aromatic nitrogens is 1. The predicted octanol–water partition coefficient (Wildman–Crippen LogP) is 1.41. The number of hydrogen-bond donors (Lipinski definition) is 0. The molecule has 1 rings (SSSR count). The van der Waals surface area contributed by atoms with Gasteiger partial charge in [0.25, 0.3) is 5.88 Å². The molecule has 1 aromatic rings. The van der Waals surface area contributed by atoms with Gasteiger partial charge in [-0.05, 0) is 23.9 Å². The predicted molar refractivity (Wildman–Crippen MR) is 42.0 cm³/mol. The molecule has 0 amide bonds. The Balaban J connectivity index is 2.45. The van der Waals surface area contributed by atoms with Crippen molar-refractivity contribution in [2.24, 2.45) is 0 Å². The average molecular weight is 170 g/mol. The van der Waals surface area contributed by atoms with Crippen LogP contribution >= 0.6 is 11.8 Å². The number of hydrogen-bond acceptors (Lipinski definition) is 4. The fourth-order valence-electron chi connectivity index (χ4n) is 0.551. The third-order valence-electron chi connectivity index (χ3n) is 0.956. The Morgan fingerprint density at radius 1 is 1.64 bits per heavy atom. The van der Waals surface area contributed by atoms with E-state index in [4.69, 9.17) is 0 Å². The van der Waals surface area contributed by atoms with Crippen molar-refractivity contribution in [3.8, 4) is 0 Å². The normalized spacial score (nSPS) is 9.45. The van der Waals surface area contributed by atoms with Crippen LogP contribution in [0.15, 0.2) is 29.4 Å². The third-order valence-corrected chi connectivity index (χ3v) is 1.83. The van der Waals surface area contributed by atoms with Crippen LogP contribution in [0.5, 0.6) is 0 Å². The number of nitrogens with zero attached hydrogens (tertiary/aromatic N) is 2. The molecular weight excluding hydrogens is 164 g/mol. The highest BCUT2D eigenvalue weighted by atomic mass is 32.2. The molecule has 0 aliphatic carbocycles. The molecule has 1 aromatic heterocycles. The maximum atomic E-state index is 9.93. The second kappa shape index (κ2) is 3.92. The number of rotatable bonds is 3. The molecule has 0 fully saturated rings. The van der Waals surface area contributed by atoms with Crippen LogP contribution in [-0.4, -0.2) is 15.8 Å². The molecule has 0 unspecified atom stereocenters. The number of thioether (sulfide) groups is 1. The maximum absolute atomic E-state index is 9.93. The van der Waals surface area contributed by atoms with E-state index >= 15 is 0 Å². The summed E-state index contributed by atoms with van der Waals surface area (Å²) < 4.78 is 0. The molecule has 0 radical (unpaired) electrons. The SMILES string of the molecule is O=[N+]([O-])CSc1ccccn1. The van der Waals surface area contributed by atoms with Crippen molar-refractivity contribution in [3.05, 3.63) is 34.5 Å². The quantitative estimate of drug-likeness (QED) is 0.298. The van der Waals surface area contributed by atoms with Crippen LogP contribution in [0.3, 0.4) is 0 Å². The summed E-state index contributed by atoms with van der Waals surface area (Å²) in [5, 5.41) is 10.6. The van der Waals surface area contributed by atoms with Crippen molar-refractivity contribution < 1.29 is 4.92 Å². The first-order chi connectivity index (χ1) is 5.29. The summed E-state index contributed by atoms with van der Waals surface area (Å²) in [6, 6.07) is 5.32. The number of nitro groups is 1. The van der Waals surface area contributed by atoms with Gasteiger partial charge in [0.1, 0.15) is 5.03 Å². The molecule has 0 aliphatic rings. The van der Waals surface area contributed by atoms with Gasteiger partial charge in [-0.2, -0.15) is 0 Å². The highest BCUT2D eigenvalue weighted by Crippen LogP contribution is 2.12. The molecule has 58 valence electrons. The molecule has 0 spiro atoms. The van der Waals surface area contributed by atoms with Crippen molar-refractivity contribution in [1.29, 1.82) is 0 Å². The zero-order valence-corrected chi connectivity index (χ0v) is 6.45. The summed E-state index contributed by atoms with van der Waals surface area (Å²) in [5.74, 6) is -0.128. The molecule has 0 atom stereocenters. The lowest BCUT2D eigenvalue weighted by Crippen LogP contribution is -1.95. The zero-order chi connectivity index (χ0) is 8.10. The molecule has 4 nitrogen and oxygen atoms in total. The van der Waals surface area contributed by atoms with Crippen molar-refractivity contribution in [1.82, 2.24) is 4.98 Å². The lowest BCUT2D eigenvalue weighted by molar-refractivity contribution is -0.456. The Morgan fingerprint density at radius 2 is 2.45 bits per heavy atom. The molecule has 11 heavy (non-hydrogen) atoms. The second-order valence-corrected chi connectivity index (χ2v) is 2.74. The minimum absolute atomic E-state index is 0.128.